The Morgan fingerprint density at radius 3 is 2.61 bits per heavy atom. The number of halogens is 1. The summed E-state index contributed by atoms with van der Waals surface area (Å²) in [6.07, 6.45) is 0. The second kappa shape index (κ2) is 6.94. The molecule has 5 rings (SSSR count). The summed E-state index contributed by atoms with van der Waals surface area (Å²) in [6.45, 7) is 3.63. The fourth-order valence-electron chi connectivity index (χ4n) is 3.48. The van der Waals surface area contributed by atoms with Crippen LogP contribution < -0.4 is 14.4 Å². The van der Waals surface area contributed by atoms with Crippen molar-refractivity contribution in [2.45, 2.75) is 0 Å². The molecule has 1 saturated heterocycles. The summed E-state index contributed by atoms with van der Waals surface area (Å²) in [5, 5.41) is 0.868. The standard InChI is InChI=1S/C20H18FN3O3S/c21-14-2-3-15-18(12-14)28-20(22-15)24-7-5-23(6-8-24)19(25)13-1-4-16-17(11-13)27-10-9-26-16/h1-4,11-12H,5-10H2. The molecule has 2 aliphatic heterocycles. The molecule has 0 saturated carbocycles. The van der Waals surface area contributed by atoms with Crippen molar-refractivity contribution >= 4 is 32.6 Å². The highest BCUT2D eigenvalue weighted by Crippen LogP contribution is 2.32. The van der Waals surface area contributed by atoms with E-state index in [-0.39, 0.29) is 11.7 Å². The van der Waals surface area contributed by atoms with Crippen LogP contribution in [0.1, 0.15) is 10.4 Å². The van der Waals surface area contributed by atoms with Crippen LogP contribution in [0.5, 0.6) is 11.5 Å². The number of piperazine rings is 1. The van der Waals surface area contributed by atoms with Gasteiger partial charge in [-0.05, 0) is 36.4 Å². The van der Waals surface area contributed by atoms with Gasteiger partial charge in [0.2, 0.25) is 0 Å². The van der Waals surface area contributed by atoms with E-state index in [4.69, 9.17) is 9.47 Å². The molecule has 8 heteroatoms. The molecule has 0 N–H and O–H groups in total. The van der Waals surface area contributed by atoms with Gasteiger partial charge in [-0.25, -0.2) is 9.37 Å². The first-order chi connectivity index (χ1) is 13.7. The van der Waals surface area contributed by atoms with E-state index >= 15 is 0 Å². The SMILES string of the molecule is O=C(c1ccc2c(c1)OCCO2)N1CCN(c2nc3ccc(F)cc3s2)CC1. The molecule has 1 amide bonds. The Morgan fingerprint density at radius 2 is 1.79 bits per heavy atom. The molecule has 6 nitrogen and oxygen atoms in total. The third-order valence-corrected chi connectivity index (χ3v) is 6.04. The quantitative estimate of drug-likeness (QED) is 0.663. The van der Waals surface area contributed by atoms with Gasteiger partial charge < -0.3 is 19.3 Å². The molecule has 0 spiro atoms. The lowest BCUT2D eigenvalue weighted by atomic mass is 10.1. The van der Waals surface area contributed by atoms with Gasteiger partial charge >= 0.3 is 0 Å². The highest BCUT2D eigenvalue weighted by atomic mass is 32.1. The van der Waals surface area contributed by atoms with Crippen LogP contribution in [-0.2, 0) is 0 Å². The van der Waals surface area contributed by atoms with E-state index in [2.05, 4.69) is 9.88 Å². The van der Waals surface area contributed by atoms with Gasteiger partial charge in [0.05, 0.1) is 10.2 Å². The van der Waals surface area contributed by atoms with Crippen LogP contribution in [0.25, 0.3) is 10.2 Å². The second-order valence-corrected chi connectivity index (χ2v) is 7.76. The molecular weight excluding hydrogens is 381 g/mol. The van der Waals surface area contributed by atoms with Crippen LogP contribution in [-0.4, -0.2) is 55.2 Å². The Kier molecular flexibility index (Phi) is 4.27. The van der Waals surface area contributed by atoms with Crippen LogP contribution in [0.15, 0.2) is 36.4 Å². The highest BCUT2D eigenvalue weighted by Gasteiger charge is 2.25. The molecule has 0 radical (unpaired) electrons. The summed E-state index contributed by atoms with van der Waals surface area (Å²) in [5.41, 5.74) is 1.41. The van der Waals surface area contributed by atoms with E-state index in [0.717, 1.165) is 15.3 Å². The van der Waals surface area contributed by atoms with E-state index in [1.165, 1.54) is 23.5 Å². The molecule has 0 unspecified atom stereocenters. The largest absolute Gasteiger partial charge is 0.486 e. The number of anilines is 1. The van der Waals surface area contributed by atoms with Crippen LogP contribution in [0.4, 0.5) is 9.52 Å². The summed E-state index contributed by atoms with van der Waals surface area (Å²) in [6, 6.07) is 9.97. The summed E-state index contributed by atoms with van der Waals surface area (Å²) in [5.74, 6) is 1.04. The number of carbonyl (C=O) groups excluding carboxylic acids is 1. The lowest BCUT2D eigenvalue weighted by molar-refractivity contribution is 0.0745. The van der Waals surface area contributed by atoms with Gasteiger partial charge in [0.15, 0.2) is 16.6 Å². The molecule has 1 fully saturated rings. The maximum Gasteiger partial charge on any atom is 0.254 e. The molecule has 144 valence electrons. The number of carbonyl (C=O) groups is 1. The van der Waals surface area contributed by atoms with Crippen molar-refractivity contribution < 1.29 is 18.7 Å². The topological polar surface area (TPSA) is 54.9 Å². The van der Waals surface area contributed by atoms with E-state index in [1.807, 2.05) is 4.90 Å². The Labute approximate surface area is 165 Å². The van der Waals surface area contributed by atoms with Crippen molar-refractivity contribution in [2.75, 3.05) is 44.3 Å². The molecule has 28 heavy (non-hydrogen) atoms. The number of thiazole rings is 1. The minimum atomic E-state index is -0.252. The predicted octanol–water partition coefficient (Wildman–Crippen LogP) is 3.17. The van der Waals surface area contributed by atoms with E-state index in [9.17, 15) is 9.18 Å². The second-order valence-electron chi connectivity index (χ2n) is 6.75. The molecule has 0 bridgehead atoms. The first-order valence-electron chi connectivity index (χ1n) is 9.17. The third kappa shape index (κ3) is 3.13. The number of aromatic nitrogens is 1. The zero-order valence-corrected chi connectivity index (χ0v) is 15.9. The summed E-state index contributed by atoms with van der Waals surface area (Å²) >= 11 is 1.48. The van der Waals surface area contributed by atoms with E-state index < -0.39 is 0 Å². The number of fused-ring (bicyclic) bond motifs is 2. The van der Waals surface area contributed by atoms with E-state index in [0.29, 0.717) is 56.5 Å². The van der Waals surface area contributed by atoms with Crippen LogP contribution in [0.3, 0.4) is 0 Å². The van der Waals surface area contributed by atoms with Crippen LogP contribution in [0, 0.1) is 5.82 Å². The van der Waals surface area contributed by atoms with Gasteiger partial charge in [-0.2, -0.15) is 0 Å². The lowest BCUT2D eigenvalue weighted by Crippen LogP contribution is -2.48. The molecule has 0 aliphatic carbocycles. The zero-order valence-electron chi connectivity index (χ0n) is 15.1. The Hall–Kier alpha value is -2.87. The molecule has 3 aromatic rings. The zero-order chi connectivity index (χ0) is 19.1. The van der Waals surface area contributed by atoms with Gasteiger partial charge in [0, 0.05) is 31.7 Å². The smallest absolute Gasteiger partial charge is 0.254 e. The van der Waals surface area contributed by atoms with Gasteiger partial charge in [0.1, 0.15) is 19.0 Å². The van der Waals surface area contributed by atoms with Crippen molar-refractivity contribution in [1.82, 2.24) is 9.88 Å². The Balaban J connectivity index is 1.28. The maximum absolute atomic E-state index is 13.4. The summed E-state index contributed by atoms with van der Waals surface area (Å²) in [7, 11) is 0. The molecule has 3 heterocycles. The average Bonchev–Trinajstić information content (AvgIpc) is 3.16. The molecule has 1 aromatic heterocycles. The van der Waals surface area contributed by atoms with Gasteiger partial charge in [-0.1, -0.05) is 11.3 Å². The summed E-state index contributed by atoms with van der Waals surface area (Å²) in [4.78, 5) is 21.5. The minimum Gasteiger partial charge on any atom is -0.486 e. The number of hydrogen-bond acceptors (Lipinski definition) is 6. The van der Waals surface area contributed by atoms with Crippen molar-refractivity contribution in [3.8, 4) is 11.5 Å². The van der Waals surface area contributed by atoms with Crippen LogP contribution >= 0.6 is 11.3 Å². The third-order valence-electron chi connectivity index (χ3n) is 4.97. The summed E-state index contributed by atoms with van der Waals surface area (Å²) < 4.78 is 25.3. The number of ether oxygens (including phenoxy) is 2. The number of benzene rings is 2. The number of rotatable bonds is 2. The Morgan fingerprint density at radius 1 is 1.00 bits per heavy atom. The predicted molar refractivity (Wildman–Crippen MR) is 105 cm³/mol. The monoisotopic (exact) mass is 399 g/mol. The normalized spacial score (nSPS) is 16.5. The number of hydrogen-bond donors (Lipinski definition) is 0. The first-order valence-corrected chi connectivity index (χ1v) is 9.99. The fraction of sp³-hybridized carbons (Fsp3) is 0.300. The highest BCUT2D eigenvalue weighted by molar-refractivity contribution is 7.22. The maximum atomic E-state index is 13.4. The molecule has 0 atom stereocenters. The van der Waals surface area contributed by atoms with Gasteiger partial charge in [0.25, 0.3) is 5.91 Å². The minimum absolute atomic E-state index is 0.0111. The van der Waals surface area contributed by atoms with Crippen molar-refractivity contribution in [3.63, 3.8) is 0 Å². The molecular formula is C20H18FN3O3S. The van der Waals surface area contributed by atoms with Crippen LogP contribution in [0.2, 0.25) is 0 Å². The average molecular weight is 399 g/mol. The van der Waals surface area contributed by atoms with Crippen molar-refractivity contribution in [2.24, 2.45) is 0 Å². The number of nitrogens with zero attached hydrogens (tertiary/aromatic N) is 3. The lowest BCUT2D eigenvalue weighted by Gasteiger charge is -2.34. The first kappa shape index (κ1) is 17.2. The number of amides is 1. The van der Waals surface area contributed by atoms with Gasteiger partial charge in [-0.3, -0.25) is 4.79 Å². The van der Waals surface area contributed by atoms with E-state index in [1.54, 1.807) is 24.3 Å². The molecule has 2 aromatic carbocycles. The Bertz CT molecular complexity index is 1050. The molecule has 2 aliphatic rings. The van der Waals surface area contributed by atoms with Crippen molar-refractivity contribution in [1.29, 1.82) is 0 Å². The van der Waals surface area contributed by atoms with Crippen molar-refractivity contribution in [3.05, 3.63) is 47.8 Å². The van der Waals surface area contributed by atoms with Gasteiger partial charge in [-0.15, -0.1) is 0 Å². The fourth-order valence-corrected chi connectivity index (χ4v) is 4.52.